The Hall–Kier alpha value is -6.87. The molecule has 0 radical (unpaired) electrons. The molecule has 1 aromatic carbocycles. The van der Waals surface area contributed by atoms with E-state index in [0.717, 1.165) is 18.4 Å². The van der Waals surface area contributed by atoms with Crippen molar-refractivity contribution in [2.75, 3.05) is 39.6 Å². The first-order valence-corrected chi connectivity index (χ1v) is 21.3. The van der Waals surface area contributed by atoms with Gasteiger partial charge in [-0.1, -0.05) is 70.4 Å². The average molecular weight is 868 g/mol. The van der Waals surface area contributed by atoms with Gasteiger partial charge < -0.3 is 38.5 Å². The van der Waals surface area contributed by atoms with Crippen LogP contribution in [0.1, 0.15) is 66.9 Å². The minimum atomic E-state index is -0.949. The Balaban J connectivity index is 1.64. The molecule has 2 saturated heterocycles. The van der Waals surface area contributed by atoms with Crippen molar-refractivity contribution in [1.82, 2.24) is 5.32 Å². The second-order valence-electron chi connectivity index (χ2n) is 14.8. The van der Waals surface area contributed by atoms with Gasteiger partial charge in [-0.05, 0) is 139 Å². The molecular formula is C56H53NO8. The van der Waals surface area contributed by atoms with Crippen molar-refractivity contribution in [2.24, 2.45) is 17.8 Å². The molecule has 2 heterocycles. The molecule has 9 nitrogen and oxygen atoms in total. The maximum Gasteiger partial charge on any atom is 0.297 e. The van der Waals surface area contributed by atoms with Crippen molar-refractivity contribution in [3.63, 3.8) is 0 Å². The molecule has 3 rings (SSSR count). The van der Waals surface area contributed by atoms with Gasteiger partial charge >= 0.3 is 0 Å². The van der Waals surface area contributed by atoms with Gasteiger partial charge in [0.15, 0.2) is 12.1 Å². The summed E-state index contributed by atoms with van der Waals surface area (Å²) >= 11 is 0. The van der Waals surface area contributed by atoms with Crippen LogP contribution >= 0.6 is 0 Å². The number of rotatable bonds is 17. The third-order valence-electron chi connectivity index (χ3n) is 9.66. The highest BCUT2D eigenvalue weighted by atomic mass is 16.8. The highest BCUT2D eigenvalue weighted by molar-refractivity contribution is 5.94. The molecule has 65 heavy (non-hydrogen) atoms. The Kier molecular flexibility index (Phi) is 25.7. The van der Waals surface area contributed by atoms with E-state index in [4.69, 9.17) is 33.2 Å². The molecular weight excluding hydrogens is 815 g/mol. The summed E-state index contributed by atoms with van der Waals surface area (Å²) in [6.45, 7) is 16.6. The summed E-state index contributed by atoms with van der Waals surface area (Å²) in [6, 6.07) is 9.33. The van der Waals surface area contributed by atoms with Gasteiger partial charge in [-0.25, -0.2) is 0 Å². The van der Waals surface area contributed by atoms with Crippen LogP contribution in [-0.2, 0) is 44.6 Å². The third-order valence-corrected chi connectivity index (χ3v) is 9.66. The zero-order valence-corrected chi connectivity index (χ0v) is 38.1. The molecule has 0 bridgehead atoms. The Labute approximate surface area is 387 Å². The quantitative estimate of drug-likeness (QED) is 0.177. The molecule has 9 heteroatoms. The second-order valence-corrected chi connectivity index (χ2v) is 14.8. The number of ether oxygens (including phenoxy) is 7. The highest BCUT2D eigenvalue weighted by Crippen LogP contribution is 2.36. The lowest BCUT2D eigenvalue weighted by molar-refractivity contribution is -0.260. The van der Waals surface area contributed by atoms with Crippen LogP contribution in [0.25, 0.3) is 0 Å². The highest BCUT2D eigenvalue weighted by Gasteiger charge is 2.47. The van der Waals surface area contributed by atoms with Gasteiger partial charge in [-0.2, -0.15) is 0 Å². The summed E-state index contributed by atoms with van der Waals surface area (Å²) in [6.07, 6.45) is 0.121. The molecule has 2 fully saturated rings. The van der Waals surface area contributed by atoms with Crippen LogP contribution in [0.4, 0.5) is 0 Å². The van der Waals surface area contributed by atoms with Gasteiger partial charge in [0.05, 0.1) is 51.8 Å². The first-order valence-electron chi connectivity index (χ1n) is 21.3. The smallest absolute Gasteiger partial charge is 0.297 e. The van der Waals surface area contributed by atoms with E-state index < -0.39 is 36.2 Å². The molecule has 1 amide bonds. The van der Waals surface area contributed by atoms with Crippen molar-refractivity contribution >= 4 is 5.91 Å². The minimum absolute atomic E-state index is 0.0495. The number of amides is 1. The van der Waals surface area contributed by atoms with Crippen LogP contribution in [0.2, 0.25) is 0 Å². The molecule has 8 atom stereocenters. The van der Waals surface area contributed by atoms with Gasteiger partial charge in [-0.3, -0.25) is 4.79 Å². The van der Waals surface area contributed by atoms with Crippen molar-refractivity contribution in [3.8, 4) is 142 Å². The summed E-state index contributed by atoms with van der Waals surface area (Å²) in [4.78, 5) is 13.3. The fraction of sp³-hybridized carbons (Fsp3) is 0.446. The fourth-order valence-electron chi connectivity index (χ4n) is 6.13. The van der Waals surface area contributed by atoms with Crippen LogP contribution in [0.15, 0.2) is 30.3 Å². The summed E-state index contributed by atoms with van der Waals surface area (Å²) in [5, 5.41) is 2.97. The third kappa shape index (κ3) is 22.4. The largest absolute Gasteiger partial charge is 0.379 e. The van der Waals surface area contributed by atoms with E-state index in [1.807, 2.05) is 44.2 Å². The SMILES string of the molecule is CC#CC#CC#CC#CC#CC#CC#CC#CC#CC#CC#CC#CC(=O)N[C@@H](COC1OC(COCc2ccccc2)C(C)C(C)C1C)[C@@H]1OC(C)(C)O[C@@H]1COCCOCCCC. The van der Waals surface area contributed by atoms with E-state index in [0.29, 0.717) is 33.0 Å². The van der Waals surface area contributed by atoms with E-state index in [-0.39, 0.29) is 37.1 Å². The van der Waals surface area contributed by atoms with Gasteiger partial charge in [0, 0.05) is 54.0 Å². The predicted molar refractivity (Wildman–Crippen MR) is 249 cm³/mol. The van der Waals surface area contributed by atoms with Crippen LogP contribution in [0, 0.1) is 160 Å². The topological polar surface area (TPSA) is 93.7 Å². The zero-order chi connectivity index (χ0) is 46.8. The van der Waals surface area contributed by atoms with Crippen LogP contribution in [0.5, 0.6) is 0 Å². The fourth-order valence-corrected chi connectivity index (χ4v) is 6.13. The van der Waals surface area contributed by atoms with Crippen molar-refractivity contribution in [2.45, 2.75) is 104 Å². The van der Waals surface area contributed by atoms with Crippen molar-refractivity contribution in [3.05, 3.63) is 35.9 Å². The number of benzene rings is 1. The van der Waals surface area contributed by atoms with Gasteiger partial charge in [0.1, 0.15) is 12.2 Å². The van der Waals surface area contributed by atoms with E-state index in [9.17, 15) is 4.79 Å². The lowest BCUT2D eigenvalue weighted by Crippen LogP contribution is -2.53. The first kappa shape index (κ1) is 52.5. The van der Waals surface area contributed by atoms with E-state index in [2.05, 4.69) is 175 Å². The summed E-state index contributed by atoms with van der Waals surface area (Å²) in [7, 11) is 0. The Morgan fingerprint density at radius 1 is 0.646 bits per heavy atom. The summed E-state index contributed by atoms with van der Waals surface area (Å²) in [5.74, 6) is 60.0. The second kappa shape index (κ2) is 31.9. The number of nitrogens with one attached hydrogen (secondary N) is 1. The Morgan fingerprint density at radius 3 is 1.72 bits per heavy atom. The summed E-state index contributed by atoms with van der Waals surface area (Å²) in [5.41, 5.74) is 1.09. The normalized spacial score (nSPS) is 20.6. The monoisotopic (exact) mass is 867 g/mol. The molecule has 330 valence electrons. The van der Waals surface area contributed by atoms with Gasteiger partial charge in [0.25, 0.3) is 5.91 Å². The molecule has 2 aliphatic heterocycles. The maximum absolute atomic E-state index is 13.3. The average Bonchev–Trinajstić information content (AvgIpc) is 3.61. The molecule has 1 N–H and O–H groups in total. The summed E-state index contributed by atoms with van der Waals surface area (Å²) < 4.78 is 43.4. The standard InChI is InChI=1S/C56H53NO8/c1-8-10-12-13-14-15-16-17-18-19-20-21-22-23-24-25-26-27-28-29-30-31-35-38-53(58)57-50(54-52(64-56(6,7)65-54)45-60-41-40-59-39-11-9-2)43-62-55-48(5)46(3)47(4)51(63-55)44-61-42-49-36-33-32-34-37-49/h32-34,36-37,46-48,50-52,54-55H,9,11,39-45H2,1-7H3,(H,57,58)/t46?,47?,48?,50-,51?,52+,54-,55?/m0/s1. The molecule has 5 unspecified atom stereocenters. The number of hydrogen-bond acceptors (Lipinski definition) is 8. The van der Waals surface area contributed by atoms with E-state index in [1.165, 1.54) is 0 Å². The van der Waals surface area contributed by atoms with Crippen molar-refractivity contribution < 1.29 is 38.0 Å². The molecule has 0 spiro atoms. The van der Waals surface area contributed by atoms with E-state index in [1.54, 1.807) is 6.92 Å². The molecule has 1 aromatic rings. The van der Waals surface area contributed by atoms with Crippen LogP contribution in [0.3, 0.4) is 0 Å². The van der Waals surface area contributed by atoms with Gasteiger partial charge in [0.2, 0.25) is 0 Å². The lowest BCUT2D eigenvalue weighted by Gasteiger charge is -2.43. The molecule has 0 aromatic heterocycles. The Morgan fingerprint density at radius 2 is 1.17 bits per heavy atom. The number of carbonyl (C=O) groups is 1. The maximum atomic E-state index is 13.3. The van der Waals surface area contributed by atoms with Crippen molar-refractivity contribution in [1.29, 1.82) is 0 Å². The van der Waals surface area contributed by atoms with Crippen LogP contribution in [-0.4, -0.2) is 82.0 Å². The lowest BCUT2D eigenvalue weighted by atomic mass is 9.79. The number of unbranched alkanes of at least 4 members (excludes halogenated alkanes) is 1. The minimum Gasteiger partial charge on any atom is -0.379 e. The Bertz CT molecular complexity index is 2530. The predicted octanol–water partition coefficient (Wildman–Crippen LogP) is 4.75. The number of carbonyl (C=O) groups excluding carboxylic acids is 1. The molecule has 0 saturated carbocycles. The zero-order valence-electron chi connectivity index (χ0n) is 38.1. The first-order chi connectivity index (χ1) is 31.6. The number of hydrogen-bond donors (Lipinski definition) is 1. The van der Waals surface area contributed by atoms with Gasteiger partial charge in [-0.15, -0.1) is 0 Å². The van der Waals surface area contributed by atoms with E-state index >= 15 is 0 Å². The molecule has 2 aliphatic rings. The molecule has 0 aliphatic carbocycles. The van der Waals surface area contributed by atoms with Crippen LogP contribution < -0.4 is 5.32 Å².